The van der Waals surface area contributed by atoms with Gasteiger partial charge in [0.2, 0.25) is 5.82 Å². The summed E-state index contributed by atoms with van der Waals surface area (Å²) in [6, 6.07) is 5.68. The molecule has 0 bridgehead atoms. The lowest BCUT2D eigenvalue weighted by Gasteiger charge is -2.15. The summed E-state index contributed by atoms with van der Waals surface area (Å²) >= 11 is 1.24. The van der Waals surface area contributed by atoms with Gasteiger partial charge in [0.25, 0.3) is 0 Å². The molecule has 0 radical (unpaired) electrons. The largest absolute Gasteiger partial charge is 0.402 e. The van der Waals surface area contributed by atoms with E-state index in [2.05, 4.69) is 15.0 Å². The summed E-state index contributed by atoms with van der Waals surface area (Å²) in [4.78, 5) is 13.3. The Kier molecular flexibility index (Phi) is 4.88. The van der Waals surface area contributed by atoms with Crippen LogP contribution in [0.3, 0.4) is 0 Å². The predicted molar refractivity (Wildman–Crippen MR) is 101 cm³/mol. The maximum atomic E-state index is 14.9. The quantitative estimate of drug-likeness (QED) is 0.517. The zero-order valence-corrected chi connectivity index (χ0v) is 15.3. The molecule has 2 aromatic heterocycles. The van der Waals surface area contributed by atoms with Gasteiger partial charge >= 0.3 is 5.92 Å². The molecule has 2 heterocycles. The Hall–Kier alpha value is -2.94. The van der Waals surface area contributed by atoms with E-state index >= 15 is 0 Å². The van der Waals surface area contributed by atoms with Crippen molar-refractivity contribution in [3.05, 3.63) is 64.2 Å². The molecule has 0 aliphatic rings. The van der Waals surface area contributed by atoms with Gasteiger partial charge in [-0.25, -0.2) is 19.4 Å². The number of alkyl halides is 2. The van der Waals surface area contributed by atoms with E-state index in [9.17, 15) is 13.2 Å². The number of nitrogens with two attached hydrogens (primary N) is 2. The van der Waals surface area contributed by atoms with Crippen LogP contribution in [-0.2, 0) is 5.92 Å². The number of amidine groups is 1. The van der Waals surface area contributed by atoms with E-state index in [1.807, 2.05) is 6.92 Å². The van der Waals surface area contributed by atoms with Crippen molar-refractivity contribution in [3.63, 3.8) is 0 Å². The highest BCUT2D eigenvalue weighted by atomic mass is 32.1. The summed E-state index contributed by atoms with van der Waals surface area (Å²) in [5, 5.41) is 0.516. The summed E-state index contributed by atoms with van der Waals surface area (Å²) in [6.45, 7) is 3.45. The molecule has 0 saturated carbocycles. The molecule has 3 aromatic rings. The van der Waals surface area contributed by atoms with E-state index < -0.39 is 23.1 Å². The number of hydrogen-bond acceptors (Lipinski definition) is 5. The van der Waals surface area contributed by atoms with Crippen molar-refractivity contribution in [2.75, 3.05) is 0 Å². The number of aliphatic imine (C=N–C) groups is 1. The van der Waals surface area contributed by atoms with Crippen molar-refractivity contribution in [2.24, 2.45) is 16.5 Å². The number of aromatic nitrogens is 2. The van der Waals surface area contributed by atoms with Gasteiger partial charge in [0.1, 0.15) is 16.5 Å². The van der Waals surface area contributed by atoms with Crippen LogP contribution in [0.5, 0.6) is 0 Å². The lowest BCUT2D eigenvalue weighted by atomic mass is 10.1. The highest BCUT2D eigenvalue weighted by Gasteiger charge is 2.38. The second-order valence-corrected chi connectivity index (χ2v) is 7.19. The molecule has 5 nitrogen and oxygen atoms in total. The number of benzene rings is 1. The van der Waals surface area contributed by atoms with Crippen molar-refractivity contribution < 1.29 is 13.2 Å². The average Bonchev–Trinajstić information content (AvgIpc) is 2.95. The van der Waals surface area contributed by atoms with Crippen molar-refractivity contribution in [3.8, 4) is 0 Å². The van der Waals surface area contributed by atoms with Gasteiger partial charge in [-0.3, -0.25) is 0 Å². The van der Waals surface area contributed by atoms with E-state index in [1.54, 1.807) is 13.0 Å². The molecule has 1 aromatic carbocycles. The molecule has 0 amide bonds. The topological polar surface area (TPSA) is 90.2 Å². The Morgan fingerprint density at radius 1 is 1.19 bits per heavy atom. The van der Waals surface area contributed by atoms with Crippen molar-refractivity contribution in [1.29, 1.82) is 0 Å². The summed E-state index contributed by atoms with van der Waals surface area (Å²) in [5.41, 5.74) is 11.4. The predicted octanol–water partition coefficient (Wildman–Crippen LogP) is 4.13. The van der Waals surface area contributed by atoms with Gasteiger partial charge in [-0.05, 0) is 50.3 Å². The minimum atomic E-state index is -3.53. The maximum absolute atomic E-state index is 14.9. The number of rotatable bonds is 4. The molecule has 0 spiro atoms. The van der Waals surface area contributed by atoms with Crippen LogP contribution in [0.1, 0.15) is 23.2 Å². The lowest BCUT2D eigenvalue weighted by molar-refractivity contribution is 0.0333. The van der Waals surface area contributed by atoms with Gasteiger partial charge in [0, 0.05) is 16.1 Å². The minimum absolute atomic E-state index is 0.0242. The molecule has 4 N–H and O–H groups in total. The Morgan fingerprint density at radius 3 is 2.48 bits per heavy atom. The highest BCUT2D eigenvalue weighted by Crippen LogP contribution is 2.38. The smallest absolute Gasteiger partial charge is 0.331 e. The van der Waals surface area contributed by atoms with Crippen molar-refractivity contribution >= 4 is 33.2 Å². The minimum Gasteiger partial charge on any atom is -0.402 e. The Morgan fingerprint density at radius 2 is 1.85 bits per heavy atom. The lowest BCUT2D eigenvalue weighted by Crippen LogP contribution is -2.19. The molecule has 3 rings (SSSR count). The van der Waals surface area contributed by atoms with Gasteiger partial charge < -0.3 is 11.5 Å². The molecule has 0 atom stereocenters. The first-order valence-corrected chi connectivity index (χ1v) is 8.69. The summed E-state index contributed by atoms with van der Waals surface area (Å²) < 4.78 is 42.9. The number of nitrogens with zero attached hydrogens (tertiary/aromatic N) is 3. The zero-order chi connectivity index (χ0) is 19.8. The van der Waals surface area contributed by atoms with E-state index in [4.69, 9.17) is 11.5 Å². The Balaban J connectivity index is 2.19. The number of fused-ring (bicyclic) bond motifs is 1. The summed E-state index contributed by atoms with van der Waals surface area (Å²) in [7, 11) is 0. The molecule has 27 heavy (non-hydrogen) atoms. The molecular formula is C18H16F3N5S. The van der Waals surface area contributed by atoms with Crippen molar-refractivity contribution in [1.82, 2.24) is 9.97 Å². The van der Waals surface area contributed by atoms with Gasteiger partial charge in [0.05, 0.1) is 5.39 Å². The third-order valence-corrected chi connectivity index (χ3v) is 4.54. The standard InChI is InChI=1S/C18H16F3N5S/c1-9(22)7-14(23)24-15-13-8-10(2)27-16(13)26-17(25-15)18(20,21)11-3-5-12(19)6-4-11/h3-8H,22H2,1-2H3,(H2,23,24,25,26)/b9-7-. The number of halogens is 3. The maximum Gasteiger partial charge on any atom is 0.331 e. The first-order valence-electron chi connectivity index (χ1n) is 7.87. The zero-order valence-electron chi connectivity index (χ0n) is 14.5. The summed E-state index contributed by atoms with van der Waals surface area (Å²) in [5.74, 6) is -4.81. The average molecular weight is 391 g/mol. The molecule has 0 saturated heterocycles. The molecule has 0 aliphatic carbocycles. The number of hydrogen-bond donors (Lipinski definition) is 2. The first-order chi connectivity index (χ1) is 12.7. The fourth-order valence-corrected chi connectivity index (χ4v) is 3.30. The van der Waals surface area contributed by atoms with Crippen LogP contribution in [0.2, 0.25) is 0 Å². The molecule has 0 unspecified atom stereocenters. The first kappa shape index (κ1) is 18.8. The second kappa shape index (κ2) is 6.99. The van der Waals surface area contributed by atoms with Crippen LogP contribution in [0, 0.1) is 12.7 Å². The van der Waals surface area contributed by atoms with Crippen LogP contribution in [-0.4, -0.2) is 15.8 Å². The Bertz CT molecular complexity index is 1050. The third-order valence-electron chi connectivity index (χ3n) is 3.59. The van der Waals surface area contributed by atoms with E-state index in [1.165, 1.54) is 17.4 Å². The monoisotopic (exact) mass is 391 g/mol. The van der Waals surface area contributed by atoms with Crippen LogP contribution in [0.15, 0.2) is 47.1 Å². The number of thiophene rings is 1. The normalized spacial score (nSPS) is 13.4. The highest BCUT2D eigenvalue weighted by molar-refractivity contribution is 7.18. The van der Waals surface area contributed by atoms with Gasteiger partial charge in [0.15, 0.2) is 5.82 Å². The van der Waals surface area contributed by atoms with E-state index in [0.29, 0.717) is 15.9 Å². The fourth-order valence-electron chi connectivity index (χ4n) is 2.43. The summed E-state index contributed by atoms with van der Waals surface area (Å²) in [6.07, 6.45) is 1.41. The number of aryl methyl sites for hydroxylation is 1. The molecule has 9 heteroatoms. The van der Waals surface area contributed by atoms with Gasteiger partial charge in [-0.1, -0.05) is 0 Å². The van der Waals surface area contributed by atoms with Crippen LogP contribution in [0.4, 0.5) is 19.0 Å². The molecular weight excluding hydrogens is 375 g/mol. The second-order valence-electron chi connectivity index (χ2n) is 5.95. The SMILES string of the molecule is C/C(N)=C/C(N)=N\c1nc(C(F)(F)c2ccc(F)cc2)nc2sc(C)cc12. The third kappa shape index (κ3) is 3.92. The van der Waals surface area contributed by atoms with E-state index in [-0.39, 0.29) is 11.7 Å². The fraction of sp³-hybridized carbons (Fsp3) is 0.167. The van der Waals surface area contributed by atoms with E-state index in [0.717, 1.165) is 29.1 Å². The van der Waals surface area contributed by atoms with Gasteiger partial charge in [-0.15, -0.1) is 11.3 Å². The molecule has 0 aliphatic heterocycles. The molecule has 0 fully saturated rings. The van der Waals surface area contributed by atoms with Crippen LogP contribution < -0.4 is 11.5 Å². The van der Waals surface area contributed by atoms with Crippen LogP contribution >= 0.6 is 11.3 Å². The van der Waals surface area contributed by atoms with Crippen molar-refractivity contribution in [2.45, 2.75) is 19.8 Å². The number of allylic oxidation sites excluding steroid dienone is 1. The van der Waals surface area contributed by atoms with Gasteiger partial charge in [-0.2, -0.15) is 8.78 Å². The van der Waals surface area contributed by atoms with Crippen LogP contribution in [0.25, 0.3) is 10.2 Å². The molecule has 140 valence electrons. The Labute approximate surface area is 157 Å².